The Hall–Kier alpha value is -0.800. The lowest BCUT2D eigenvalue weighted by Gasteiger charge is -2.03. The van der Waals surface area contributed by atoms with Crippen molar-refractivity contribution in [1.29, 1.82) is 0 Å². The van der Waals surface area contributed by atoms with Gasteiger partial charge in [-0.3, -0.25) is 4.68 Å². The van der Waals surface area contributed by atoms with Gasteiger partial charge in [-0.2, -0.15) is 5.10 Å². The zero-order valence-electron chi connectivity index (χ0n) is 9.44. The molecule has 0 radical (unpaired) electrons. The average molecular weight is 314 g/mol. The van der Waals surface area contributed by atoms with Crippen molar-refractivity contribution < 1.29 is 0 Å². The van der Waals surface area contributed by atoms with Crippen LogP contribution in [0.25, 0.3) is 0 Å². The summed E-state index contributed by atoms with van der Waals surface area (Å²) in [5, 5.41) is 4.36. The molecule has 1 heterocycles. The van der Waals surface area contributed by atoms with E-state index < -0.39 is 0 Å². The topological polar surface area (TPSA) is 17.8 Å². The van der Waals surface area contributed by atoms with E-state index in [4.69, 9.17) is 11.6 Å². The Balaban J connectivity index is 2.04. The van der Waals surface area contributed by atoms with Crippen LogP contribution in [0.4, 0.5) is 0 Å². The van der Waals surface area contributed by atoms with E-state index >= 15 is 0 Å². The van der Waals surface area contributed by atoms with Gasteiger partial charge in [-0.15, -0.1) is 11.6 Å². The lowest BCUT2D eigenvalue weighted by atomic mass is 10.2. The highest BCUT2D eigenvalue weighted by atomic mass is 79.9. The number of hydrogen-bond acceptors (Lipinski definition) is 1. The fourth-order valence-corrected chi connectivity index (χ4v) is 2.24. The van der Waals surface area contributed by atoms with Gasteiger partial charge in [0.2, 0.25) is 0 Å². The summed E-state index contributed by atoms with van der Waals surface area (Å²) in [5.41, 5.74) is 2.48. The van der Waals surface area contributed by atoms with E-state index in [1.165, 1.54) is 11.1 Å². The minimum atomic E-state index is 0.704. The Morgan fingerprint density at radius 3 is 2.88 bits per heavy atom. The molecule has 0 amide bonds. The Kier molecular flexibility index (Phi) is 4.63. The summed E-state index contributed by atoms with van der Waals surface area (Å²) in [4.78, 5) is 0. The first-order chi connectivity index (χ1) is 8.29. The summed E-state index contributed by atoms with van der Waals surface area (Å²) in [7, 11) is 0. The van der Waals surface area contributed by atoms with Crippen molar-refractivity contribution in [3.05, 3.63) is 52.3 Å². The molecule has 0 aliphatic rings. The highest BCUT2D eigenvalue weighted by Crippen LogP contribution is 2.17. The number of benzene rings is 1. The molecule has 2 nitrogen and oxygen atoms in total. The van der Waals surface area contributed by atoms with Crippen molar-refractivity contribution in [1.82, 2.24) is 9.78 Å². The fraction of sp³-hybridized carbons (Fsp3) is 0.308. The molecule has 0 aliphatic heterocycles. The zero-order valence-corrected chi connectivity index (χ0v) is 11.8. The lowest BCUT2D eigenvalue weighted by molar-refractivity contribution is 0.684. The highest BCUT2D eigenvalue weighted by Gasteiger charge is 2.02. The van der Waals surface area contributed by atoms with E-state index in [1.54, 1.807) is 0 Å². The predicted molar refractivity (Wildman–Crippen MR) is 74.5 cm³/mol. The largest absolute Gasteiger partial charge is 0.268 e. The predicted octanol–water partition coefficient (Wildman–Crippen LogP) is 3.87. The third-order valence-corrected chi connectivity index (χ3v) is 3.62. The van der Waals surface area contributed by atoms with Crippen molar-refractivity contribution in [2.24, 2.45) is 0 Å². The van der Waals surface area contributed by atoms with Gasteiger partial charge in [0.25, 0.3) is 0 Å². The number of rotatable bonds is 5. The van der Waals surface area contributed by atoms with Gasteiger partial charge in [0.05, 0.1) is 12.7 Å². The van der Waals surface area contributed by atoms with E-state index in [0.717, 1.165) is 23.9 Å². The monoisotopic (exact) mass is 312 g/mol. The summed E-state index contributed by atoms with van der Waals surface area (Å²) in [6, 6.07) is 8.21. The van der Waals surface area contributed by atoms with Crippen molar-refractivity contribution in [3.63, 3.8) is 0 Å². The number of nitrogens with zero attached hydrogens (tertiary/aromatic N) is 2. The van der Waals surface area contributed by atoms with Crippen LogP contribution in [0.3, 0.4) is 0 Å². The Morgan fingerprint density at radius 2 is 2.12 bits per heavy atom. The summed E-state index contributed by atoms with van der Waals surface area (Å²) >= 11 is 9.22. The Morgan fingerprint density at radius 1 is 1.29 bits per heavy atom. The van der Waals surface area contributed by atoms with E-state index in [0.29, 0.717) is 5.88 Å². The van der Waals surface area contributed by atoms with Crippen molar-refractivity contribution in [2.45, 2.75) is 19.4 Å². The molecule has 2 aromatic rings. The third kappa shape index (κ3) is 3.58. The van der Waals surface area contributed by atoms with E-state index in [9.17, 15) is 0 Å². The number of halogens is 2. The molecule has 17 heavy (non-hydrogen) atoms. The smallest absolute Gasteiger partial charge is 0.0670 e. The van der Waals surface area contributed by atoms with Crippen LogP contribution in [0.2, 0.25) is 0 Å². The van der Waals surface area contributed by atoms with E-state index in [1.807, 2.05) is 29.1 Å². The molecule has 4 heteroatoms. The van der Waals surface area contributed by atoms with Crippen LogP contribution in [0.15, 0.2) is 41.1 Å². The van der Waals surface area contributed by atoms with Gasteiger partial charge in [0, 0.05) is 16.5 Å². The van der Waals surface area contributed by atoms with Crippen LogP contribution >= 0.6 is 27.5 Å². The second-order valence-electron chi connectivity index (χ2n) is 3.93. The molecule has 2 rings (SSSR count). The van der Waals surface area contributed by atoms with Crippen LogP contribution < -0.4 is 0 Å². The molecule has 0 atom stereocenters. The van der Waals surface area contributed by atoms with Crippen LogP contribution in [0.5, 0.6) is 0 Å². The molecule has 90 valence electrons. The van der Waals surface area contributed by atoms with Crippen LogP contribution in [0.1, 0.15) is 17.5 Å². The second-order valence-corrected chi connectivity index (χ2v) is 5.16. The standard InChI is InChI=1S/C13H14BrClN2/c14-13-6-2-1-5-12(13)10-17-9-11(8-16-17)4-3-7-15/h1-2,5-6,8-9H,3-4,7,10H2. The molecule has 1 aromatic heterocycles. The molecular weight excluding hydrogens is 300 g/mol. The van der Waals surface area contributed by atoms with Gasteiger partial charge >= 0.3 is 0 Å². The fourth-order valence-electron chi connectivity index (χ4n) is 1.69. The first-order valence-electron chi connectivity index (χ1n) is 5.60. The third-order valence-electron chi connectivity index (χ3n) is 2.58. The molecule has 0 saturated heterocycles. The molecular formula is C13H14BrClN2. The molecule has 0 unspecified atom stereocenters. The molecule has 0 bridgehead atoms. The first kappa shape index (κ1) is 12.7. The number of aryl methyl sites for hydroxylation is 1. The molecule has 0 fully saturated rings. The van der Waals surface area contributed by atoms with Gasteiger partial charge in [-0.25, -0.2) is 0 Å². The van der Waals surface area contributed by atoms with Gasteiger partial charge in [-0.05, 0) is 30.0 Å². The molecule has 0 spiro atoms. The van der Waals surface area contributed by atoms with E-state index in [-0.39, 0.29) is 0 Å². The minimum absolute atomic E-state index is 0.704. The van der Waals surface area contributed by atoms with Gasteiger partial charge in [0.15, 0.2) is 0 Å². The number of alkyl halides is 1. The maximum atomic E-state index is 5.68. The zero-order chi connectivity index (χ0) is 12.1. The summed E-state index contributed by atoms with van der Waals surface area (Å²) in [6.45, 7) is 0.794. The van der Waals surface area contributed by atoms with Crippen molar-refractivity contribution in [3.8, 4) is 0 Å². The first-order valence-corrected chi connectivity index (χ1v) is 6.93. The Bertz CT molecular complexity index is 482. The number of hydrogen-bond donors (Lipinski definition) is 0. The quantitative estimate of drug-likeness (QED) is 0.766. The SMILES string of the molecule is ClCCCc1cnn(Cc2ccccc2Br)c1. The summed E-state index contributed by atoms with van der Waals surface area (Å²) in [5.74, 6) is 0.704. The van der Waals surface area contributed by atoms with Gasteiger partial charge in [0.1, 0.15) is 0 Å². The maximum Gasteiger partial charge on any atom is 0.0670 e. The second kappa shape index (κ2) is 6.22. The van der Waals surface area contributed by atoms with Crippen molar-refractivity contribution >= 4 is 27.5 Å². The molecule has 1 aromatic carbocycles. The molecule has 0 aliphatic carbocycles. The maximum absolute atomic E-state index is 5.68. The van der Waals surface area contributed by atoms with Crippen LogP contribution in [-0.4, -0.2) is 15.7 Å². The molecule has 0 N–H and O–H groups in total. The summed E-state index contributed by atoms with van der Waals surface area (Å²) < 4.78 is 3.08. The van der Waals surface area contributed by atoms with E-state index in [2.05, 4.69) is 33.3 Å². The Labute approximate surface area is 115 Å². The normalized spacial score (nSPS) is 10.7. The highest BCUT2D eigenvalue weighted by molar-refractivity contribution is 9.10. The average Bonchev–Trinajstić information content (AvgIpc) is 2.77. The van der Waals surface area contributed by atoms with Gasteiger partial charge in [-0.1, -0.05) is 34.1 Å². The van der Waals surface area contributed by atoms with Crippen LogP contribution in [0, 0.1) is 0 Å². The van der Waals surface area contributed by atoms with Crippen LogP contribution in [-0.2, 0) is 13.0 Å². The lowest BCUT2D eigenvalue weighted by Crippen LogP contribution is -2.00. The summed E-state index contributed by atoms with van der Waals surface area (Å²) in [6.07, 6.45) is 6.01. The number of aromatic nitrogens is 2. The molecule has 0 saturated carbocycles. The van der Waals surface area contributed by atoms with Gasteiger partial charge < -0.3 is 0 Å². The van der Waals surface area contributed by atoms with Crippen molar-refractivity contribution in [2.75, 3.05) is 5.88 Å². The minimum Gasteiger partial charge on any atom is -0.268 e.